The highest BCUT2D eigenvalue weighted by molar-refractivity contribution is 5.84. The molecule has 2 heterocycles. The fraction of sp³-hybridized carbons (Fsp3) is 0.130. The maximum absolute atomic E-state index is 12.8. The number of fused-ring (bicyclic) bond motifs is 1. The van der Waals surface area contributed by atoms with E-state index in [2.05, 4.69) is 14.7 Å². The molecule has 0 bridgehead atoms. The number of H-pyrrole nitrogens is 1. The summed E-state index contributed by atoms with van der Waals surface area (Å²) in [6.07, 6.45) is -3.21. The fourth-order valence-corrected chi connectivity index (χ4v) is 3.20. The molecule has 0 radical (unpaired) electrons. The Bertz CT molecular complexity index is 1310. The van der Waals surface area contributed by atoms with Crippen molar-refractivity contribution in [2.45, 2.75) is 13.3 Å². The molecule has 0 saturated heterocycles. The van der Waals surface area contributed by atoms with Crippen LogP contribution in [-0.2, 0) is 0 Å². The first-order chi connectivity index (χ1) is 15.2. The monoisotopic (exact) mass is 442 g/mol. The lowest BCUT2D eigenvalue weighted by Gasteiger charge is -2.11. The molecule has 32 heavy (non-hydrogen) atoms. The molecule has 0 fully saturated rings. The van der Waals surface area contributed by atoms with E-state index in [1.807, 2.05) is 0 Å². The Balaban J connectivity index is 1.58. The van der Waals surface area contributed by atoms with Gasteiger partial charge in [0.15, 0.2) is 5.43 Å². The predicted octanol–water partition coefficient (Wildman–Crippen LogP) is 5.60. The van der Waals surface area contributed by atoms with Gasteiger partial charge < -0.3 is 19.2 Å². The van der Waals surface area contributed by atoms with E-state index in [0.717, 1.165) is 12.1 Å². The van der Waals surface area contributed by atoms with Crippen LogP contribution in [0.2, 0.25) is 0 Å². The zero-order valence-corrected chi connectivity index (χ0v) is 17.0. The Kier molecular flexibility index (Phi) is 5.48. The Morgan fingerprint density at radius 2 is 1.62 bits per heavy atom. The number of hydrogen-bond acceptors (Lipinski definition) is 5. The highest BCUT2D eigenvalue weighted by Crippen LogP contribution is 2.28. The minimum Gasteiger partial charge on any atom is -0.497 e. The number of methoxy groups -OCH3 is 1. The second-order valence-electron chi connectivity index (χ2n) is 6.87. The molecule has 2 aromatic carbocycles. The molecule has 4 aromatic rings. The lowest BCUT2D eigenvalue weighted by Crippen LogP contribution is -2.16. The molecule has 0 amide bonds. The largest absolute Gasteiger partial charge is 0.573 e. The van der Waals surface area contributed by atoms with Crippen molar-refractivity contribution < 1.29 is 27.4 Å². The molecule has 0 unspecified atom stereocenters. The van der Waals surface area contributed by atoms with Gasteiger partial charge in [0, 0.05) is 34.8 Å². The van der Waals surface area contributed by atoms with E-state index in [1.165, 1.54) is 12.1 Å². The summed E-state index contributed by atoms with van der Waals surface area (Å²) in [6.45, 7) is 1.73. The predicted molar refractivity (Wildman–Crippen MR) is 112 cm³/mol. The van der Waals surface area contributed by atoms with Crippen molar-refractivity contribution in [1.29, 1.82) is 0 Å². The van der Waals surface area contributed by atoms with E-state index in [4.69, 9.17) is 9.47 Å². The number of pyridine rings is 2. The van der Waals surface area contributed by atoms with Crippen molar-refractivity contribution in [1.82, 2.24) is 9.97 Å². The third kappa shape index (κ3) is 4.51. The summed E-state index contributed by atoms with van der Waals surface area (Å²) in [5.41, 5.74) is 2.36. The molecule has 0 aliphatic heterocycles. The van der Waals surface area contributed by atoms with Crippen LogP contribution in [0.3, 0.4) is 0 Å². The van der Waals surface area contributed by atoms with E-state index >= 15 is 0 Å². The minimum absolute atomic E-state index is 0.0992. The smallest absolute Gasteiger partial charge is 0.497 e. The van der Waals surface area contributed by atoms with Crippen LogP contribution in [0.1, 0.15) is 5.56 Å². The molecular formula is C23H17F3N2O4. The molecule has 9 heteroatoms. The number of nitrogens with zero attached hydrogens (tertiary/aromatic N) is 1. The average Bonchev–Trinajstić information content (AvgIpc) is 2.77. The van der Waals surface area contributed by atoms with Crippen molar-refractivity contribution in [2.24, 2.45) is 0 Å². The summed E-state index contributed by atoms with van der Waals surface area (Å²) < 4.78 is 51.4. The van der Waals surface area contributed by atoms with Crippen molar-refractivity contribution in [3.05, 3.63) is 76.6 Å². The maximum Gasteiger partial charge on any atom is 0.573 e. The number of halogens is 3. The third-order valence-electron chi connectivity index (χ3n) is 4.75. The van der Waals surface area contributed by atoms with Crippen molar-refractivity contribution in [3.63, 3.8) is 0 Å². The molecule has 0 atom stereocenters. The number of alkyl halides is 3. The number of nitrogens with one attached hydrogen (secondary N) is 1. The van der Waals surface area contributed by atoms with Gasteiger partial charge in [0.2, 0.25) is 5.88 Å². The summed E-state index contributed by atoms with van der Waals surface area (Å²) in [5.74, 6) is 0.805. The van der Waals surface area contributed by atoms with Crippen LogP contribution in [0.25, 0.3) is 22.2 Å². The Morgan fingerprint density at radius 3 is 2.25 bits per heavy atom. The summed E-state index contributed by atoms with van der Waals surface area (Å²) in [7, 11) is 1.55. The number of aromatic nitrogens is 2. The maximum atomic E-state index is 12.8. The molecule has 164 valence electrons. The second kappa shape index (κ2) is 8.26. The summed E-state index contributed by atoms with van der Waals surface area (Å²) in [5, 5.41) is 0.554. The number of benzene rings is 2. The second-order valence-corrected chi connectivity index (χ2v) is 6.87. The SMILES string of the molecule is COc1ccc2c(=O)c(C)c(-c3ccc(Oc4ccc(OC(F)(F)F)cc4)nc3)[nH]c2c1. The lowest BCUT2D eigenvalue weighted by molar-refractivity contribution is -0.274. The normalized spacial score (nSPS) is 11.4. The van der Waals surface area contributed by atoms with Gasteiger partial charge in [-0.05, 0) is 49.4 Å². The summed E-state index contributed by atoms with van der Waals surface area (Å²) in [4.78, 5) is 20.2. The van der Waals surface area contributed by atoms with Gasteiger partial charge in [0.25, 0.3) is 0 Å². The molecule has 0 aliphatic rings. The van der Waals surface area contributed by atoms with E-state index < -0.39 is 6.36 Å². The molecule has 0 aliphatic carbocycles. The number of ether oxygens (including phenoxy) is 3. The fourth-order valence-electron chi connectivity index (χ4n) is 3.20. The van der Waals surface area contributed by atoms with Gasteiger partial charge in [-0.25, -0.2) is 4.98 Å². The first-order valence-electron chi connectivity index (χ1n) is 9.44. The van der Waals surface area contributed by atoms with E-state index in [1.54, 1.807) is 50.6 Å². The van der Waals surface area contributed by atoms with Crippen LogP contribution in [0, 0.1) is 6.92 Å². The zero-order chi connectivity index (χ0) is 22.9. The number of aromatic amines is 1. The number of hydrogen-bond donors (Lipinski definition) is 1. The van der Waals surface area contributed by atoms with Crippen LogP contribution in [-0.4, -0.2) is 23.4 Å². The van der Waals surface area contributed by atoms with Crippen LogP contribution in [0.4, 0.5) is 13.2 Å². The van der Waals surface area contributed by atoms with Crippen molar-refractivity contribution >= 4 is 10.9 Å². The van der Waals surface area contributed by atoms with E-state index in [0.29, 0.717) is 39.2 Å². The van der Waals surface area contributed by atoms with Gasteiger partial charge in [-0.2, -0.15) is 0 Å². The Hall–Kier alpha value is -4.01. The average molecular weight is 442 g/mol. The zero-order valence-electron chi connectivity index (χ0n) is 17.0. The van der Waals surface area contributed by atoms with Crippen LogP contribution in [0.5, 0.6) is 23.1 Å². The van der Waals surface area contributed by atoms with Crippen LogP contribution < -0.4 is 19.6 Å². The molecule has 0 spiro atoms. The molecule has 0 saturated carbocycles. The molecule has 1 N–H and O–H groups in total. The first kappa shape index (κ1) is 21.2. The molecular weight excluding hydrogens is 425 g/mol. The molecule has 2 aromatic heterocycles. The van der Waals surface area contributed by atoms with Gasteiger partial charge in [0.1, 0.15) is 17.2 Å². The van der Waals surface area contributed by atoms with Gasteiger partial charge in [-0.15, -0.1) is 13.2 Å². The van der Waals surface area contributed by atoms with Gasteiger partial charge in [-0.1, -0.05) is 0 Å². The van der Waals surface area contributed by atoms with E-state index in [-0.39, 0.29) is 17.1 Å². The summed E-state index contributed by atoms with van der Waals surface area (Å²) in [6, 6.07) is 13.5. The Morgan fingerprint density at radius 1 is 0.938 bits per heavy atom. The van der Waals surface area contributed by atoms with Gasteiger partial charge >= 0.3 is 6.36 Å². The van der Waals surface area contributed by atoms with E-state index in [9.17, 15) is 18.0 Å². The lowest BCUT2D eigenvalue weighted by atomic mass is 10.0. The first-order valence-corrected chi connectivity index (χ1v) is 9.44. The minimum atomic E-state index is -4.76. The third-order valence-corrected chi connectivity index (χ3v) is 4.75. The molecule has 4 rings (SSSR count). The highest BCUT2D eigenvalue weighted by atomic mass is 19.4. The van der Waals surface area contributed by atoms with Gasteiger partial charge in [0.05, 0.1) is 18.3 Å². The van der Waals surface area contributed by atoms with Crippen molar-refractivity contribution in [2.75, 3.05) is 7.11 Å². The summed E-state index contributed by atoms with van der Waals surface area (Å²) >= 11 is 0. The molecule has 6 nitrogen and oxygen atoms in total. The quantitative estimate of drug-likeness (QED) is 0.436. The van der Waals surface area contributed by atoms with Crippen LogP contribution >= 0.6 is 0 Å². The topological polar surface area (TPSA) is 73.4 Å². The number of rotatable bonds is 5. The highest BCUT2D eigenvalue weighted by Gasteiger charge is 2.31. The van der Waals surface area contributed by atoms with Crippen LogP contribution in [0.15, 0.2) is 65.6 Å². The Labute approximate surface area is 180 Å². The van der Waals surface area contributed by atoms with Crippen molar-refractivity contribution in [3.8, 4) is 34.4 Å². The van der Waals surface area contributed by atoms with Gasteiger partial charge in [-0.3, -0.25) is 4.79 Å². The standard InChI is InChI=1S/C23H17F3N2O4/c1-13-21(28-19-11-17(30-2)8-9-18(19)22(13)29)14-3-10-20(27-12-14)31-15-4-6-16(7-5-15)32-23(24,25)26/h3-12H,1-2H3,(H,28,29).